The molecule has 3 aliphatic carbocycles. The van der Waals surface area contributed by atoms with E-state index in [1.807, 2.05) is 36.4 Å². The lowest BCUT2D eigenvalue weighted by Crippen LogP contribution is -2.06. The molecule has 0 nitrogen and oxygen atoms in total. The van der Waals surface area contributed by atoms with E-state index < -0.39 is 0 Å². The lowest BCUT2D eigenvalue weighted by atomic mass is 9.86. The maximum Gasteiger partial charge on any atom is 0.0405 e. The molecule has 2 bridgehead atoms. The van der Waals surface area contributed by atoms with Crippen molar-refractivity contribution in [2.45, 2.75) is 19.3 Å². The van der Waals surface area contributed by atoms with E-state index in [0.717, 1.165) is 35.1 Å². The van der Waals surface area contributed by atoms with E-state index >= 15 is 0 Å². The van der Waals surface area contributed by atoms with Crippen LogP contribution in [0.3, 0.4) is 0 Å². The maximum atomic E-state index is 3.53. The minimum Gasteiger partial charge on any atom is -0.0763 e. The lowest BCUT2D eigenvalue weighted by Gasteiger charge is -2.16. The number of allylic oxidation sites excluding steroid dienone is 6. The maximum absolute atomic E-state index is 3.53. The van der Waals surface area contributed by atoms with Crippen LogP contribution in [0.25, 0.3) is 0 Å². The zero-order chi connectivity index (χ0) is 19.5. The van der Waals surface area contributed by atoms with E-state index in [2.05, 4.69) is 72.0 Å². The number of hydrogen-bond donors (Lipinski definition) is 0. The average Bonchev–Trinajstić information content (AvgIpc) is 2.81. The minimum atomic E-state index is 0.332. The van der Waals surface area contributed by atoms with Crippen LogP contribution in [0.4, 0.5) is 0 Å². The Labute approximate surface area is 173 Å². The number of benzene rings is 2. The number of hydrogen-bond acceptors (Lipinski definition) is 0. The third-order valence-electron chi connectivity index (χ3n) is 5.71. The number of rotatable bonds is 0. The fourth-order valence-electron chi connectivity index (χ4n) is 4.15. The highest BCUT2D eigenvalue weighted by molar-refractivity contribution is 5.61. The first-order chi connectivity index (χ1) is 14.4. The highest BCUT2D eigenvalue weighted by atomic mass is 14.3. The van der Waals surface area contributed by atoms with Gasteiger partial charge >= 0.3 is 0 Å². The molecule has 0 saturated carbocycles. The van der Waals surface area contributed by atoms with Crippen LogP contribution < -0.4 is 0 Å². The molecule has 2 aromatic carbocycles. The molecule has 29 heavy (non-hydrogen) atoms. The fraction of sp³-hybridized carbons (Fsp3) is 0.172. The minimum absolute atomic E-state index is 0.332. The molecule has 2 unspecified atom stereocenters. The second kappa shape index (κ2) is 7.76. The molecule has 0 N–H and O–H groups in total. The highest BCUT2D eigenvalue weighted by Gasteiger charge is 2.24. The Morgan fingerprint density at radius 2 is 0.897 bits per heavy atom. The molecule has 0 aromatic heterocycles. The van der Waals surface area contributed by atoms with Gasteiger partial charge in [0.1, 0.15) is 0 Å². The summed E-state index contributed by atoms with van der Waals surface area (Å²) in [5, 5.41) is 0. The summed E-state index contributed by atoms with van der Waals surface area (Å²) >= 11 is 0. The van der Waals surface area contributed by atoms with Crippen molar-refractivity contribution < 1.29 is 0 Å². The Morgan fingerprint density at radius 1 is 0.517 bits per heavy atom. The van der Waals surface area contributed by atoms with Gasteiger partial charge in [-0.15, -0.1) is 0 Å². The SMILES string of the molecule is C1#Cc2ccccc2C#Cc2ccccc2C#CC2=C1C1/C=C\C=C/C2CCC1. The van der Waals surface area contributed by atoms with Crippen LogP contribution in [-0.2, 0) is 0 Å². The summed E-state index contributed by atoms with van der Waals surface area (Å²) in [5.41, 5.74) is 6.26. The molecule has 136 valence electrons. The zero-order valence-corrected chi connectivity index (χ0v) is 16.2. The van der Waals surface area contributed by atoms with E-state index in [0.29, 0.717) is 11.8 Å². The van der Waals surface area contributed by atoms with Crippen LogP contribution in [-0.4, -0.2) is 0 Å². The summed E-state index contributed by atoms with van der Waals surface area (Å²) < 4.78 is 0. The van der Waals surface area contributed by atoms with Gasteiger partial charge in [0.15, 0.2) is 0 Å². The second-order valence-electron chi connectivity index (χ2n) is 7.58. The smallest absolute Gasteiger partial charge is 0.0405 e. The standard InChI is InChI=1S/C29H20/c1-3-10-24-18-20-28-26-12-5-6-13-27(15-7-14-26)29(28)21-19-25-11-4-2-9-23(25)17-16-22(24)8-1/h1-6,8-13,26-27H,7,14-15H2/b12-5-,13-6-. The Kier molecular flexibility index (Phi) is 4.67. The van der Waals surface area contributed by atoms with Crippen LogP contribution in [0, 0.1) is 47.4 Å². The van der Waals surface area contributed by atoms with Crippen molar-refractivity contribution in [1.29, 1.82) is 0 Å². The molecule has 0 heterocycles. The van der Waals surface area contributed by atoms with Crippen molar-refractivity contribution in [2.75, 3.05) is 0 Å². The van der Waals surface area contributed by atoms with E-state index in [1.54, 1.807) is 0 Å². The average molecular weight is 368 g/mol. The summed E-state index contributed by atoms with van der Waals surface area (Å²) in [6.07, 6.45) is 12.4. The molecule has 2 atom stereocenters. The van der Waals surface area contributed by atoms with Crippen molar-refractivity contribution in [3.05, 3.63) is 106 Å². The summed E-state index contributed by atoms with van der Waals surface area (Å²) in [5.74, 6) is 21.2. The van der Waals surface area contributed by atoms with Gasteiger partial charge in [0.2, 0.25) is 0 Å². The normalized spacial score (nSPS) is 23.2. The van der Waals surface area contributed by atoms with Crippen LogP contribution in [0.2, 0.25) is 0 Å². The van der Waals surface area contributed by atoms with E-state index in [-0.39, 0.29) is 0 Å². The molecular formula is C29H20. The van der Waals surface area contributed by atoms with Gasteiger partial charge in [-0.25, -0.2) is 0 Å². The number of fused-ring (bicyclic) bond motifs is 2. The van der Waals surface area contributed by atoms with Crippen molar-refractivity contribution >= 4 is 0 Å². The van der Waals surface area contributed by atoms with Gasteiger partial charge in [0, 0.05) is 45.2 Å². The quantitative estimate of drug-likeness (QED) is 0.528. The summed E-state index contributed by atoms with van der Waals surface area (Å²) in [7, 11) is 0. The Morgan fingerprint density at radius 3 is 1.31 bits per heavy atom. The van der Waals surface area contributed by atoms with Gasteiger partial charge in [-0.1, -0.05) is 90.5 Å². The van der Waals surface area contributed by atoms with Crippen LogP contribution in [0.1, 0.15) is 41.5 Å². The van der Waals surface area contributed by atoms with E-state index in [9.17, 15) is 0 Å². The summed E-state index contributed by atoms with van der Waals surface area (Å²) in [4.78, 5) is 0. The van der Waals surface area contributed by atoms with Gasteiger partial charge < -0.3 is 0 Å². The van der Waals surface area contributed by atoms with Crippen LogP contribution >= 0.6 is 0 Å². The zero-order valence-electron chi connectivity index (χ0n) is 16.2. The Balaban J connectivity index is 1.81. The molecule has 5 rings (SSSR count). The molecule has 2 aromatic rings. The molecule has 0 saturated heterocycles. The van der Waals surface area contributed by atoms with Crippen molar-refractivity contribution in [2.24, 2.45) is 11.8 Å². The van der Waals surface area contributed by atoms with E-state index in [4.69, 9.17) is 0 Å². The van der Waals surface area contributed by atoms with Crippen LogP contribution in [0.5, 0.6) is 0 Å². The van der Waals surface area contributed by atoms with Crippen molar-refractivity contribution in [3.63, 3.8) is 0 Å². The lowest BCUT2D eigenvalue weighted by molar-refractivity contribution is 0.600. The molecule has 0 amide bonds. The third kappa shape index (κ3) is 3.57. The van der Waals surface area contributed by atoms with E-state index in [1.165, 1.54) is 17.6 Å². The van der Waals surface area contributed by atoms with Crippen molar-refractivity contribution in [1.82, 2.24) is 0 Å². The highest BCUT2D eigenvalue weighted by Crippen LogP contribution is 2.35. The van der Waals surface area contributed by atoms with Gasteiger partial charge in [-0.3, -0.25) is 0 Å². The molecule has 0 spiro atoms. The molecule has 0 heteroatoms. The summed E-state index contributed by atoms with van der Waals surface area (Å²) in [6, 6.07) is 16.3. The monoisotopic (exact) mass is 368 g/mol. The van der Waals surface area contributed by atoms with Gasteiger partial charge in [-0.05, 0) is 37.1 Å². The molecule has 0 radical (unpaired) electrons. The first kappa shape index (κ1) is 17.4. The Hall–Kier alpha value is -3.66. The first-order valence-corrected chi connectivity index (χ1v) is 10.2. The van der Waals surface area contributed by atoms with Gasteiger partial charge in [0.05, 0.1) is 0 Å². The first-order valence-electron chi connectivity index (χ1n) is 10.2. The van der Waals surface area contributed by atoms with Gasteiger partial charge in [0.25, 0.3) is 0 Å². The fourth-order valence-corrected chi connectivity index (χ4v) is 4.15. The summed E-state index contributed by atoms with van der Waals surface area (Å²) in [6.45, 7) is 0. The predicted octanol–water partition coefficient (Wildman–Crippen LogP) is 5.64. The Bertz CT molecular complexity index is 1150. The third-order valence-corrected chi connectivity index (χ3v) is 5.71. The van der Waals surface area contributed by atoms with Crippen LogP contribution in [0.15, 0.2) is 84.0 Å². The molecule has 0 aliphatic heterocycles. The molecule has 0 fully saturated rings. The topological polar surface area (TPSA) is 0 Å². The predicted molar refractivity (Wildman–Crippen MR) is 119 cm³/mol. The largest absolute Gasteiger partial charge is 0.0763 e. The molecule has 3 aliphatic rings. The molecular weight excluding hydrogens is 348 g/mol. The second-order valence-corrected chi connectivity index (χ2v) is 7.58. The van der Waals surface area contributed by atoms with Crippen molar-refractivity contribution in [3.8, 4) is 35.5 Å². The van der Waals surface area contributed by atoms with Gasteiger partial charge in [-0.2, -0.15) is 0 Å².